The summed E-state index contributed by atoms with van der Waals surface area (Å²) in [6.07, 6.45) is 2.08. The van der Waals surface area contributed by atoms with E-state index in [4.69, 9.17) is 4.42 Å². The molecule has 0 saturated carbocycles. The second-order valence-corrected chi connectivity index (χ2v) is 6.14. The van der Waals surface area contributed by atoms with Crippen molar-refractivity contribution in [3.63, 3.8) is 0 Å². The van der Waals surface area contributed by atoms with Crippen molar-refractivity contribution in [1.29, 1.82) is 0 Å². The van der Waals surface area contributed by atoms with Crippen LogP contribution < -0.4 is 0 Å². The highest BCUT2D eigenvalue weighted by Gasteiger charge is 2.13. The molecule has 4 aromatic rings. The van der Waals surface area contributed by atoms with Gasteiger partial charge in [-0.25, -0.2) is 4.98 Å². The van der Waals surface area contributed by atoms with Gasteiger partial charge in [-0.1, -0.05) is 42.5 Å². The predicted octanol–water partition coefficient (Wildman–Crippen LogP) is 5.88. The number of nitrogens with zero attached hydrogens (tertiary/aromatic N) is 1. The molecule has 0 atom stereocenters. The largest absolute Gasteiger partial charge is 0.436 e. The first-order valence-electron chi connectivity index (χ1n) is 7.44. The van der Waals surface area contributed by atoms with Crippen LogP contribution in [0.5, 0.6) is 0 Å². The van der Waals surface area contributed by atoms with Crippen molar-refractivity contribution >= 4 is 22.9 Å². The van der Waals surface area contributed by atoms with Crippen molar-refractivity contribution < 1.29 is 4.42 Å². The number of benzene rings is 3. The maximum absolute atomic E-state index is 5.95. The fourth-order valence-electron chi connectivity index (χ4n) is 2.68. The molecular formula is C20H15NOS. The molecule has 3 heteroatoms. The van der Waals surface area contributed by atoms with Gasteiger partial charge in [0.25, 0.3) is 0 Å². The van der Waals surface area contributed by atoms with Gasteiger partial charge in [-0.05, 0) is 47.7 Å². The van der Waals surface area contributed by atoms with Gasteiger partial charge in [0.2, 0.25) is 5.89 Å². The van der Waals surface area contributed by atoms with Gasteiger partial charge in [0, 0.05) is 10.5 Å². The van der Waals surface area contributed by atoms with Gasteiger partial charge in [0.1, 0.15) is 5.52 Å². The van der Waals surface area contributed by atoms with E-state index in [9.17, 15) is 0 Å². The Kier molecular flexibility index (Phi) is 3.64. The normalized spacial score (nSPS) is 11.0. The first-order chi connectivity index (χ1) is 11.3. The average Bonchev–Trinajstić information content (AvgIpc) is 3.06. The van der Waals surface area contributed by atoms with Gasteiger partial charge < -0.3 is 4.42 Å². The van der Waals surface area contributed by atoms with E-state index in [0.29, 0.717) is 5.89 Å². The van der Waals surface area contributed by atoms with Gasteiger partial charge in [0.05, 0.1) is 0 Å². The molecule has 112 valence electrons. The van der Waals surface area contributed by atoms with E-state index in [2.05, 4.69) is 47.6 Å². The van der Waals surface area contributed by atoms with Crippen LogP contribution in [0.3, 0.4) is 0 Å². The van der Waals surface area contributed by atoms with Gasteiger partial charge in [0.15, 0.2) is 5.58 Å². The van der Waals surface area contributed by atoms with E-state index in [1.807, 2.05) is 36.4 Å². The van der Waals surface area contributed by atoms with Crippen LogP contribution in [-0.4, -0.2) is 11.2 Å². The Hall–Kier alpha value is -2.52. The Bertz CT molecular complexity index is 924. The zero-order valence-corrected chi connectivity index (χ0v) is 13.5. The third kappa shape index (κ3) is 2.64. The fourth-order valence-corrected chi connectivity index (χ4v) is 3.09. The number of aromatic nitrogens is 1. The van der Waals surface area contributed by atoms with Crippen LogP contribution in [0, 0.1) is 0 Å². The number of para-hydroxylation sites is 2. The van der Waals surface area contributed by atoms with Crippen molar-refractivity contribution in [2.75, 3.05) is 6.26 Å². The summed E-state index contributed by atoms with van der Waals surface area (Å²) in [7, 11) is 0. The number of hydrogen-bond acceptors (Lipinski definition) is 3. The molecule has 2 nitrogen and oxygen atoms in total. The zero-order valence-electron chi connectivity index (χ0n) is 12.7. The summed E-state index contributed by atoms with van der Waals surface area (Å²) in [6, 6.07) is 24.7. The molecule has 4 rings (SSSR count). The molecule has 0 amide bonds. The van der Waals surface area contributed by atoms with Gasteiger partial charge >= 0.3 is 0 Å². The van der Waals surface area contributed by atoms with Crippen LogP contribution in [-0.2, 0) is 0 Å². The van der Waals surface area contributed by atoms with Crippen molar-refractivity contribution in [1.82, 2.24) is 4.98 Å². The fraction of sp³-hybridized carbons (Fsp3) is 0.0500. The Labute approximate surface area is 139 Å². The lowest BCUT2D eigenvalue weighted by Gasteiger charge is -2.07. The van der Waals surface area contributed by atoms with E-state index in [-0.39, 0.29) is 0 Å². The number of fused-ring (bicyclic) bond motifs is 1. The van der Waals surface area contributed by atoms with Crippen LogP contribution >= 0.6 is 11.8 Å². The molecule has 0 N–H and O–H groups in total. The number of thioether (sulfide) groups is 1. The van der Waals surface area contributed by atoms with Crippen molar-refractivity contribution in [3.8, 4) is 22.6 Å². The highest BCUT2D eigenvalue weighted by molar-refractivity contribution is 7.98. The predicted molar refractivity (Wildman–Crippen MR) is 96.7 cm³/mol. The molecular weight excluding hydrogens is 302 g/mol. The minimum absolute atomic E-state index is 0.663. The van der Waals surface area contributed by atoms with Gasteiger partial charge in [-0.3, -0.25) is 0 Å². The standard InChI is InChI=1S/C20H15NOS/c1-23-15-12-10-14(11-13-15)16-6-2-3-7-17(16)20-21-18-8-4-5-9-19(18)22-20/h2-13H,1H3. The van der Waals surface area contributed by atoms with Crippen LogP contribution in [0.25, 0.3) is 33.7 Å². The molecule has 1 heterocycles. The van der Waals surface area contributed by atoms with E-state index in [1.54, 1.807) is 11.8 Å². The molecule has 0 unspecified atom stereocenters. The Balaban J connectivity index is 1.85. The number of rotatable bonds is 3. The molecule has 0 aliphatic carbocycles. The summed E-state index contributed by atoms with van der Waals surface area (Å²) in [5, 5.41) is 0. The molecule has 0 aliphatic heterocycles. The second-order valence-electron chi connectivity index (χ2n) is 5.26. The number of oxazole rings is 1. The highest BCUT2D eigenvalue weighted by atomic mass is 32.2. The summed E-state index contributed by atoms with van der Waals surface area (Å²) in [4.78, 5) is 5.89. The molecule has 0 fully saturated rings. The summed E-state index contributed by atoms with van der Waals surface area (Å²) < 4.78 is 5.95. The van der Waals surface area contributed by atoms with Crippen LogP contribution in [0.1, 0.15) is 0 Å². The van der Waals surface area contributed by atoms with Crippen molar-refractivity contribution in [3.05, 3.63) is 72.8 Å². The minimum atomic E-state index is 0.663. The van der Waals surface area contributed by atoms with Gasteiger partial charge in [-0.15, -0.1) is 11.8 Å². The maximum Gasteiger partial charge on any atom is 0.227 e. The molecule has 0 radical (unpaired) electrons. The molecule has 0 spiro atoms. The first kappa shape index (κ1) is 14.1. The Morgan fingerprint density at radius 2 is 1.48 bits per heavy atom. The molecule has 0 bridgehead atoms. The molecule has 23 heavy (non-hydrogen) atoms. The lowest BCUT2D eigenvalue weighted by molar-refractivity contribution is 0.620. The van der Waals surface area contributed by atoms with Crippen molar-refractivity contribution in [2.24, 2.45) is 0 Å². The SMILES string of the molecule is CSc1ccc(-c2ccccc2-c2nc3ccccc3o2)cc1. The quantitative estimate of drug-likeness (QED) is 0.441. The molecule has 3 aromatic carbocycles. The molecule has 0 aliphatic rings. The smallest absolute Gasteiger partial charge is 0.227 e. The lowest BCUT2D eigenvalue weighted by Crippen LogP contribution is -1.85. The van der Waals surface area contributed by atoms with E-state index in [0.717, 1.165) is 22.2 Å². The third-order valence-electron chi connectivity index (χ3n) is 3.85. The minimum Gasteiger partial charge on any atom is -0.436 e. The summed E-state index contributed by atoms with van der Waals surface area (Å²) in [5.74, 6) is 0.663. The molecule has 0 saturated heterocycles. The lowest BCUT2D eigenvalue weighted by atomic mass is 10.00. The van der Waals surface area contributed by atoms with Crippen LogP contribution in [0.2, 0.25) is 0 Å². The van der Waals surface area contributed by atoms with E-state index in [1.165, 1.54) is 10.5 Å². The van der Waals surface area contributed by atoms with E-state index >= 15 is 0 Å². The topological polar surface area (TPSA) is 26.0 Å². The third-order valence-corrected chi connectivity index (χ3v) is 4.60. The monoisotopic (exact) mass is 317 g/mol. The molecule has 1 aromatic heterocycles. The summed E-state index contributed by atoms with van der Waals surface area (Å²) >= 11 is 1.75. The van der Waals surface area contributed by atoms with Crippen molar-refractivity contribution in [2.45, 2.75) is 4.90 Å². The Morgan fingerprint density at radius 1 is 0.783 bits per heavy atom. The van der Waals surface area contributed by atoms with Gasteiger partial charge in [-0.2, -0.15) is 0 Å². The van der Waals surface area contributed by atoms with Crippen LogP contribution in [0.4, 0.5) is 0 Å². The first-order valence-corrected chi connectivity index (χ1v) is 8.67. The average molecular weight is 317 g/mol. The van der Waals surface area contributed by atoms with E-state index < -0.39 is 0 Å². The number of hydrogen-bond donors (Lipinski definition) is 0. The van der Waals surface area contributed by atoms with Crippen LogP contribution in [0.15, 0.2) is 82.1 Å². The second kappa shape index (κ2) is 5.94. The Morgan fingerprint density at radius 3 is 2.22 bits per heavy atom. The maximum atomic E-state index is 5.95. The summed E-state index contributed by atoms with van der Waals surface area (Å²) in [6.45, 7) is 0. The summed E-state index contributed by atoms with van der Waals surface area (Å²) in [5.41, 5.74) is 5.01. The highest BCUT2D eigenvalue weighted by Crippen LogP contribution is 2.33. The zero-order chi connectivity index (χ0) is 15.6.